The quantitative estimate of drug-likeness (QED) is 0.469. The van der Waals surface area contributed by atoms with E-state index in [0.29, 0.717) is 30.7 Å². The zero-order valence-corrected chi connectivity index (χ0v) is 18.3. The first-order valence-electron chi connectivity index (χ1n) is 11.8. The summed E-state index contributed by atoms with van der Waals surface area (Å²) in [5.74, 6) is 0. The third kappa shape index (κ3) is 4.62. The number of benzene rings is 1. The second kappa shape index (κ2) is 9.32. The van der Waals surface area contributed by atoms with Crippen molar-refractivity contribution in [2.75, 3.05) is 19.8 Å². The lowest BCUT2D eigenvalue weighted by Gasteiger charge is -2.54. The van der Waals surface area contributed by atoms with E-state index in [-0.39, 0.29) is 12.4 Å². The average molecular weight is 399 g/mol. The van der Waals surface area contributed by atoms with Crippen LogP contribution in [0.4, 0.5) is 0 Å². The van der Waals surface area contributed by atoms with Crippen LogP contribution in [0.5, 0.6) is 0 Å². The highest BCUT2D eigenvalue weighted by Gasteiger charge is 2.48. The van der Waals surface area contributed by atoms with E-state index in [1.807, 2.05) is 6.08 Å². The van der Waals surface area contributed by atoms with Crippen LogP contribution >= 0.6 is 0 Å². The maximum atomic E-state index is 6.04. The molecule has 3 nitrogen and oxygen atoms in total. The zero-order valence-electron chi connectivity index (χ0n) is 18.3. The summed E-state index contributed by atoms with van der Waals surface area (Å²) in [6.45, 7) is 6.11. The molecule has 160 valence electrons. The summed E-state index contributed by atoms with van der Waals surface area (Å²) >= 11 is 0. The summed E-state index contributed by atoms with van der Waals surface area (Å²) in [5, 5.41) is 0. The molecule has 29 heavy (non-hydrogen) atoms. The monoisotopic (exact) mass is 398 g/mol. The van der Waals surface area contributed by atoms with E-state index < -0.39 is 0 Å². The minimum absolute atomic E-state index is 0.0162. The number of allylic oxidation sites excluding steroid dienone is 1. The maximum Gasteiger partial charge on any atom is 0.181 e. The van der Waals surface area contributed by atoms with E-state index in [1.165, 1.54) is 56.9 Å². The highest BCUT2D eigenvalue weighted by Crippen LogP contribution is 2.59. The second-order valence-corrected chi connectivity index (χ2v) is 9.45. The summed E-state index contributed by atoms with van der Waals surface area (Å²) in [7, 11) is 0. The number of hydrogen-bond donors (Lipinski definition) is 0. The van der Waals surface area contributed by atoms with Gasteiger partial charge in [-0.2, -0.15) is 0 Å². The van der Waals surface area contributed by atoms with E-state index in [0.717, 1.165) is 6.42 Å². The van der Waals surface area contributed by atoms with Crippen molar-refractivity contribution < 1.29 is 14.2 Å². The van der Waals surface area contributed by atoms with Gasteiger partial charge in [-0.1, -0.05) is 56.7 Å². The number of ether oxygens (including phenoxy) is 3. The Hall–Kier alpha value is -1.16. The molecule has 1 aliphatic heterocycles. The van der Waals surface area contributed by atoms with Gasteiger partial charge in [-0.3, -0.25) is 0 Å². The largest absolute Gasteiger partial charge is 0.366 e. The Kier molecular flexibility index (Phi) is 6.78. The molecule has 2 bridgehead atoms. The predicted octanol–water partition coefficient (Wildman–Crippen LogP) is 6.48. The summed E-state index contributed by atoms with van der Waals surface area (Å²) in [4.78, 5) is 0. The molecule has 3 aliphatic carbocycles. The van der Waals surface area contributed by atoms with Gasteiger partial charge < -0.3 is 14.2 Å². The molecule has 0 aromatic heterocycles. The van der Waals surface area contributed by atoms with Gasteiger partial charge in [0.25, 0.3) is 0 Å². The van der Waals surface area contributed by atoms with Crippen molar-refractivity contribution in [3.63, 3.8) is 0 Å². The van der Waals surface area contributed by atoms with Gasteiger partial charge in [0.2, 0.25) is 0 Å². The van der Waals surface area contributed by atoms with Crippen molar-refractivity contribution in [2.45, 2.75) is 89.4 Å². The highest BCUT2D eigenvalue weighted by atomic mass is 16.7. The molecule has 1 heterocycles. The molecular formula is C26H38O3. The molecule has 4 aliphatic rings. The van der Waals surface area contributed by atoms with Crippen molar-refractivity contribution >= 4 is 0 Å². The molecule has 4 fully saturated rings. The average Bonchev–Trinajstić information content (AvgIpc) is 2.79. The van der Waals surface area contributed by atoms with Crippen molar-refractivity contribution in [3.8, 4) is 0 Å². The van der Waals surface area contributed by atoms with Crippen molar-refractivity contribution in [3.05, 3.63) is 47.5 Å². The molecule has 0 N–H and O–H groups in total. The van der Waals surface area contributed by atoms with Crippen LogP contribution in [0.2, 0.25) is 0 Å². The van der Waals surface area contributed by atoms with E-state index in [9.17, 15) is 0 Å². The fourth-order valence-corrected chi connectivity index (χ4v) is 5.82. The lowest BCUT2D eigenvalue weighted by molar-refractivity contribution is -0.232. The molecule has 0 amide bonds. The van der Waals surface area contributed by atoms with E-state index in [1.54, 1.807) is 5.56 Å². The molecule has 0 spiro atoms. The predicted molar refractivity (Wildman–Crippen MR) is 117 cm³/mol. The maximum absolute atomic E-state index is 6.04. The van der Waals surface area contributed by atoms with Crippen molar-refractivity contribution in [2.24, 2.45) is 5.41 Å². The first-order valence-corrected chi connectivity index (χ1v) is 11.8. The first kappa shape index (κ1) is 21.1. The molecule has 2 atom stereocenters. The van der Waals surface area contributed by atoms with E-state index >= 15 is 0 Å². The second-order valence-electron chi connectivity index (χ2n) is 9.45. The van der Waals surface area contributed by atoms with Crippen LogP contribution in [0.1, 0.15) is 88.9 Å². The van der Waals surface area contributed by atoms with Gasteiger partial charge in [-0.05, 0) is 73.3 Å². The van der Waals surface area contributed by atoms with Crippen molar-refractivity contribution in [1.82, 2.24) is 0 Å². The SMILES string of the molecule is CC/C=C/CO[C@H]1CO[C@H](c2ccc(C34CCC(CCC)(CC3)CC4)cc2)CO1. The topological polar surface area (TPSA) is 27.7 Å². The Morgan fingerprint density at radius 3 is 2.24 bits per heavy atom. The van der Waals surface area contributed by atoms with Crippen LogP contribution in [0.15, 0.2) is 36.4 Å². The Bertz CT molecular complexity index is 645. The van der Waals surface area contributed by atoms with Gasteiger partial charge in [-0.15, -0.1) is 0 Å². The number of hydrogen-bond acceptors (Lipinski definition) is 3. The van der Waals surface area contributed by atoms with Gasteiger partial charge in [0.15, 0.2) is 6.29 Å². The van der Waals surface area contributed by atoms with Gasteiger partial charge >= 0.3 is 0 Å². The summed E-state index contributed by atoms with van der Waals surface area (Å²) in [5.41, 5.74) is 3.88. The zero-order chi connectivity index (χ0) is 20.2. The molecule has 1 aromatic carbocycles. The Balaban J connectivity index is 1.31. The molecule has 3 heteroatoms. The van der Waals surface area contributed by atoms with Crippen LogP contribution < -0.4 is 0 Å². The summed E-state index contributed by atoms with van der Waals surface area (Å²) < 4.78 is 17.6. The fourth-order valence-electron chi connectivity index (χ4n) is 5.82. The summed E-state index contributed by atoms with van der Waals surface area (Å²) in [6, 6.07) is 9.28. The number of rotatable bonds is 8. The lowest BCUT2D eigenvalue weighted by atomic mass is 9.51. The Morgan fingerprint density at radius 1 is 0.931 bits per heavy atom. The first-order chi connectivity index (χ1) is 14.2. The molecule has 0 unspecified atom stereocenters. The Morgan fingerprint density at radius 2 is 1.66 bits per heavy atom. The van der Waals surface area contributed by atoms with Gasteiger partial charge in [0.1, 0.15) is 6.10 Å². The van der Waals surface area contributed by atoms with Crippen LogP contribution in [0, 0.1) is 5.41 Å². The normalized spacial score (nSPS) is 34.7. The molecule has 5 rings (SSSR count). The van der Waals surface area contributed by atoms with Gasteiger partial charge in [0.05, 0.1) is 19.8 Å². The smallest absolute Gasteiger partial charge is 0.181 e. The van der Waals surface area contributed by atoms with Crippen LogP contribution in [-0.2, 0) is 19.6 Å². The molecule has 1 aromatic rings. The lowest BCUT2D eigenvalue weighted by Crippen LogP contribution is -2.44. The third-order valence-corrected chi connectivity index (χ3v) is 7.72. The van der Waals surface area contributed by atoms with Crippen LogP contribution in [-0.4, -0.2) is 26.1 Å². The molecule has 0 radical (unpaired) electrons. The minimum Gasteiger partial charge on any atom is -0.366 e. The van der Waals surface area contributed by atoms with Crippen molar-refractivity contribution in [1.29, 1.82) is 0 Å². The third-order valence-electron chi connectivity index (χ3n) is 7.72. The molecule has 1 saturated heterocycles. The van der Waals surface area contributed by atoms with Gasteiger partial charge in [-0.25, -0.2) is 0 Å². The molecular weight excluding hydrogens is 360 g/mol. The fraction of sp³-hybridized carbons (Fsp3) is 0.692. The highest BCUT2D eigenvalue weighted by molar-refractivity contribution is 5.32. The number of fused-ring (bicyclic) bond motifs is 3. The van der Waals surface area contributed by atoms with Gasteiger partial charge in [0, 0.05) is 0 Å². The van der Waals surface area contributed by atoms with Crippen LogP contribution in [0.25, 0.3) is 0 Å². The van der Waals surface area contributed by atoms with E-state index in [4.69, 9.17) is 14.2 Å². The minimum atomic E-state index is -0.251. The van der Waals surface area contributed by atoms with Crippen LogP contribution in [0.3, 0.4) is 0 Å². The summed E-state index contributed by atoms with van der Waals surface area (Å²) in [6.07, 6.45) is 16.1. The Labute approximate surface area is 176 Å². The standard InChI is InChI=1S/C26H38O3/c1-3-5-6-18-27-24-20-28-23(19-29-24)21-7-9-22(10-8-21)26-15-12-25(11-4-2,13-16-26)14-17-26/h5-10,23-24H,3-4,11-20H2,1-2H3/b6-5+/t23-,24+,25?,26?/m0/s1. The van der Waals surface area contributed by atoms with E-state index in [2.05, 4.69) is 44.2 Å². The molecule has 3 saturated carbocycles.